The fourth-order valence-electron chi connectivity index (χ4n) is 3.01. The van der Waals surface area contributed by atoms with Crippen LogP contribution in [-0.4, -0.2) is 20.4 Å². The molecule has 136 valence electrons. The predicted molar refractivity (Wildman–Crippen MR) is 108 cm³/mol. The van der Waals surface area contributed by atoms with Crippen molar-refractivity contribution < 1.29 is 4.79 Å². The molecule has 0 saturated carbocycles. The minimum Gasteiger partial charge on any atom is -0.324 e. The molecule has 0 radical (unpaired) electrons. The average Bonchev–Trinajstić information content (AvgIpc) is 3.05. The summed E-state index contributed by atoms with van der Waals surface area (Å²) in [5.74, 6) is -0.258. The molecule has 0 aliphatic rings. The Morgan fingerprint density at radius 3 is 2.81 bits per heavy atom. The number of rotatable bonds is 3. The molecule has 3 heterocycles. The van der Waals surface area contributed by atoms with E-state index in [-0.39, 0.29) is 11.5 Å². The summed E-state index contributed by atoms with van der Waals surface area (Å²) in [7, 11) is 0. The van der Waals surface area contributed by atoms with Gasteiger partial charge in [0.15, 0.2) is 0 Å². The van der Waals surface area contributed by atoms with E-state index in [9.17, 15) is 9.59 Å². The summed E-state index contributed by atoms with van der Waals surface area (Å²) in [4.78, 5) is 35.2. The van der Waals surface area contributed by atoms with E-state index in [0.29, 0.717) is 10.2 Å². The summed E-state index contributed by atoms with van der Waals surface area (Å²) in [5, 5.41) is 3.77. The third-order valence-electron chi connectivity index (χ3n) is 4.84. The number of nitrogens with one attached hydrogen (secondary N) is 1. The Hall–Kier alpha value is -3.06. The van der Waals surface area contributed by atoms with Crippen molar-refractivity contribution in [2.75, 3.05) is 5.32 Å². The van der Waals surface area contributed by atoms with Crippen LogP contribution in [0.4, 0.5) is 5.69 Å². The van der Waals surface area contributed by atoms with E-state index in [2.05, 4.69) is 15.3 Å². The SMILES string of the molecule is Cc1cccc(NC(=O)[C@H](C)n2cnc3c(sc4ncccc43)c2=O)c1C. The molecule has 27 heavy (non-hydrogen) atoms. The summed E-state index contributed by atoms with van der Waals surface area (Å²) in [6.07, 6.45) is 3.13. The van der Waals surface area contributed by atoms with Gasteiger partial charge in [-0.15, -0.1) is 11.3 Å². The number of aromatic nitrogens is 3. The number of carbonyl (C=O) groups excluding carboxylic acids is 1. The van der Waals surface area contributed by atoms with Crippen molar-refractivity contribution in [2.45, 2.75) is 26.8 Å². The second kappa shape index (κ2) is 6.59. The Labute approximate surface area is 159 Å². The summed E-state index contributed by atoms with van der Waals surface area (Å²) in [5.41, 5.74) is 3.26. The minimum atomic E-state index is -0.688. The monoisotopic (exact) mass is 378 g/mol. The van der Waals surface area contributed by atoms with Gasteiger partial charge in [0, 0.05) is 17.3 Å². The normalized spacial score (nSPS) is 12.4. The van der Waals surface area contributed by atoms with E-state index >= 15 is 0 Å². The highest BCUT2D eigenvalue weighted by Gasteiger charge is 2.20. The number of pyridine rings is 1. The first-order valence-corrected chi connectivity index (χ1v) is 9.40. The molecule has 1 N–H and O–H groups in total. The summed E-state index contributed by atoms with van der Waals surface area (Å²) >= 11 is 1.30. The molecule has 4 rings (SSSR count). The third-order valence-corrected chi connectivity index (χ3v) is 5.93. The van der Waals surface area contributed by atoms with Crippen LogP contribution in [0.5, 0.6) is 0 Å². The predicted octanol–water partition coefficient (Wildman–Crippen LogP) is 3.82. The van der Waals surface area contributed by atoms with Crippen molar-refractivity contribution in [3.05, 3.63) is 64.3 Å². The lowest BCUT2D eigenvalue weighted by atomic mass is 10.1. The van der Waals surface area contributed by atoms with Gasteiger partial charge in [0.25, 0.3) is 5.56 Å². The fraction of sp³-hybridized carbons (Fsp3) is 0.200. The average molecular weight is 378 g/mol. The zero-order valence-corrected chi connectivity index (χ0v) is 16.0. The van der Waals surface area contributed by atoms with Gasteiger partial charge in [-0.2, -0.15) is 0 Å². The number of anilines is 1. The van der Waals surface area contributed by atoms with E-state index < -0.39 is 6.04 Å². The first-order chi connectivity index (χ1) is 13.0. The first-order valence-electron chi connectivity index (χ1n) is 8.59. The minimum absolute atomic E-state index is 0.230. The number of benzene rings is 1. The van der Waals surface area contributed by atoms with Gasteiger partial charge in [0.1, 0.15) is 15.6 Å². The number of hydrogen-bond acceptors (Lipinski definition) is 5. The van der Waals surface area contributed by atoms with Crippen LogP contribution in [0, 0.1) is 13.8 Å². The molecule has 0 fully saturated rings. The maximum atomic E-state index is 12.9. The van der Waals surface area contributed by atoms with Crippen molar-refractivity contribution in [2.24, 2.45) is 0 Å². The van der Waals surface area contributed by atoms with Crippen molar-refractivity contribution in [1.29, 1.82) is 0 Å². The molecule has 0 bridgehead atoms. The van der Waals surface area contributed by atoms with Crippen LogP contribution in [0.15, 0.2) is 47.7 Å². The fourth-order valence-corrected chi connectivity index (χ4v) is 4.04. The maximum absolute atomic E-state index is 12.9. The number of thiophene rings is 1. The highest BCUT2D eigenvalue weighted by atomic mass is 32.1. The quantitative estimate of drug-likeness (QED) is 0.588. The van der Waals surface area contributed by atoms with Crippen LogP contribution in [0.25, 0.3) is 20.4 Å². The van der Waals surface area contributed by atoms with Crippen molar-refractivity contribution >= 4 is 43.4 Å². The van der Waals surface area contributed by atoms with Crippen LogP contribution in [-0.2, 0) is 4.79 Å². The lowest BCUT2D eigenvalue weighted by molar-refractivity contribution is -0.118. The number of fused-ring (bicyclic) bond motifs is 3. The zero-order valence-electron chi connectivity index (χ0n) is 15.2. The molecule has 4 aromatic rings. The van der Waals surface area contributed by atoms with E-state index in [1.807, 2.05) is 44.2 Å². The molecule has 7 heteroatoms. The number of hydrogen-bond donors (Lipinski definition) is 1. The van der Waals surface area contributed by atoms with Crippen LogP contribution >= 0.6 is 11.3 Å². The Bertz CT molecular complexity index is 1240. The Kier molecular flexibility index (Phi) is 4.24. The van der Waals surface area contributed by atoms with E-state index in [0.717, 1.165) is 27.0 Å². The highest BCUT2D eigenvalue weighted by molar-refractivity contribution is 7.25. The lowest BCUT2D eigenvalue weighted by Crippen LogP contribution is -2.31. The van der Waals surface area contributed by atoms with Gasteiger partial charge in [-0.3, -0.25) is 14.2 Å². The van der Waals surface area contributed by atoms with Gasteiger partial charge in [-0.25, -0.2) is 9.97 Å². The summed E-state index contributed by atoms with van der Waals surface area (Å²) in [6.45, 7) is 5.65. The lowest BCUT2D eigenvalue weighted by Gasteiger charge is -2.16. The summed E-state index contributed by atoms with van der Waals surface area (Å²) in [6, 6.07) is 8.78. The molecule has 0 unspecified atom stereocenters. The molecule has 0 saturated heterocycles. The second-order valence-corrected chi connectivity index (χ2v) is 7.50. The second-order valence-electron chi connectivity index (χ2n) is 6.51. The molecule has 0 aliphatic heterocycles. The Balaban J connectivity index is 1.72. The van der Waals surface area contributed by atoms with Gasteiger partial charge in [0.05, 0.1) is 11.8 Å². The van der Waals surface area contributed by atoms with Gasteiger partial charge >= 0.3 is 0 Å². The standard InChI is InChI=1S/C20H18N4O2S/c1-11-6-4-8-15(12(11)2)23-18(25)13(3)24-10-22-16-14-7-5-9-21-19(14)27-17(16)20(24)26/h4-10,13H,1-3H3,(H,23,25)/t13-/m0/s1. The first kappa shape index (κ1) is 17.4. The molecule has 1 aromatic carbocycles. The van der Waals surface area contributed by atoms with Gasteiger partial charge in [-0.1, -0.05) is 12.1 Å². The van der Waals surface area contributed by atoms with Crippen molar-refractivity contribution in [1.82, 2.24) is 14.5 Å². The Morgan fingerprint density at radius 1 is 1.19 bits per heavy atom. The molecular weight excluding hydrogens is 360 g/mol. The van der Waals surface area contributed by atoms with Crippen LogP contribution in [0.2, 0.25) is 0 Å². The number of nitrogens with zero attached hydrogens (tertiary/aromatic N) is 3. The molecule has 3 aromatic heterocycles. The molecule has 6 nitrogen and oxygen atoms in total. The number of aryl methyl sites for hydroxylation is 1. The number of amides is 1. The van der Waals surface area contributed by atoms with E-state index in [1.165, 1.54) is 22.2 Å². The molecule has 0 spiro atoms. The van der Waals surface area contributed by atoms with Crippen molar-refractivity contribution in [3.8, 4) is 0 Å². The zero-order chi connectivity index (χ0) is 19.1. The highest BCUT2D eigenvalue weighted by Crippen LogP contribution is 2.28. The number of carbonyl (C=O) groups is 1. The van der Waals surface area contributed by atoms with E-state index in [4.69, 9.17) is 0 Å². The van der Waals surface area contributed by atoms with Gasteiger partial charge in [0.2, 0.25) is 5.91 Å². The largest absolute Gasteiger partial charge is 0.324 e. The molecule has 1 atom stereocenters. The smallest absolute Gasteiger partial charge is 0.272 e. The summed E-state index contributed by atoms with van der Waals surface area (Å²) < 4.78 is 1.88. The van der Waals surface area contributed by atoms with Crippen LogP contribution < -0.4 is 10.9 Å². The van der Waals surface area contributed by atoms with Gasteiger partial charge in [-0.05, 0) is 50.1 Å². The van der Waals surface area contributed by atoms with Crippen molar-refractivity contribution in [3.63, 3.8) is 0 Å². The van der Waals surface area contributed by atoms with E-state index in [1.54, 1.807) is 13.1 Å². The topological polar surface area (TPSA) is 76.9 Å². The molecule has 1 amide bonds. The molecule has 0 aliphatic carbocycles. The van der Waals surface area contributed by atoms with Crippen LogP contribution in [0.1, 0.15) is 24.1 Å². The van der Waals surface area contributed by atoms with Crippen LogP contribution in [0.3, 0.4) is 0 Å². The van der Waals surface area contributed by atoms with Gasteiger partial charge < -0.3 is 5.32 Å². The maximum Gasteiger partial charge on any atom is 0.272 e. The molecular formula is C20H18N4O2S. The third kappa shape index (κ3) is 2.90. The Morgan fingerprint density at radius 2 is 2.00 bits per heavy atom.